The molecule has 2 atom stereocenters. The van der Waals surface area contributed by atoms with Gasteiger partial charge in [0.25, 0.3) is 0 Å². The number of amides is 1. The fraction of sp³-hybridized carbons (Fsp3) is 0.562. The molecule has 0 unspecified atom stereocenters. The van der Waals surface area contributed by atoms with Crippen LogP contribution in [0.2, 0.25) is 0 Å². The third-order valence-electron chi connectivity index (χ3n) is 4.67. The highest BCUT2D eigenvalue weighted by atomic mass is 16.1. The molecule has 4 nitrogen and oxygen atoms in total. The van der Waals surface area contributed by atoms with E-state index in [9.17, 15) is 4.79 Å². The molecule has 1 saturated carbocycles. The summed E-state index contributed by atoms with van der Waals surface area (Å²) in [5.41, 5.74) is 9.66. The Bertz CT molecular complexity index is 500. The molecule has 1 aliphatic carbocycles. The first-order valence-corrected chi connectivity index (χ1v) is 7.57. The van der Waals surface area contributed by atoms with Gasteiger partial charge in [0.1, 0.15) is 0 Å². The van der Waals surface area contributed by atoms with Crippen molar-refractivity contribution < 1.29 is 4.79 Å². The number of carbonyl (C=O) groups is 1. The molecule has 4 N–H and O–H groups in total. The van der Waals surface area contributed by atoms with Crippen LogP contribution < -0.4 is 16.4 Å². The summed E-state index contributed by atoms with van der Waals surface area (Å²) in [6, 6.07) is 6.47. The molecule has 0 radical (unpaired) electrons. The smallest absolute Gasteiger partial charge is 0.223 e. The largest absolute Gasteiger partial charge is 0.352 e. The van der Waals surface area contributed by atoms with Gasteiger partial charge in [-0.05, 0) is 42.0 Å². The highest BCUT2D eigenvalue weighted by Gasteiger charge is 2.31. The van der Waals surface area contributed by atoms with Crippen molar-refractivity contribution in [2.24, 2.45) is 17.6 Å². The molecule has 0 bridgehead atoms. The lowest BCUT2D eigenvalue weighted by Crippen LogP contribution is -2.34. The lowest BCUT2D eigenvalue weighted by molar-refractivity contribution is -0.126. The molecule has 1 amide bonds. The summed E-state index contributed by atoms with van der Waals surface area (Å²) in [6.07, 6.45) is 3.21. The minimum absolute atomic E-state index is 0.121. The second-order valence-electron chi connectivity index (χ2n) is 5.96. The molecule has 20 heavy (non-hydrogen) atoms. The van der Waals surface area contributed by atoms with Crippen molar-refractivity contribution in [1.82, 2.24) is 10.6 Å². The fourth-order valence-corrected chi connectivity index (χ4v) is 3.44. The maximum Gasteiger partial charge on any atom is 0.223 e. The Morgan fingerprint density at radius 1 is 1.30 bits per heavy atom. The second-order valence-corrected chi connectivity index (χ2v) is 5.96. The van der Waals surface area contributed by atoms with Gasteiger partial charge in [-0.15, -0.1) is 0 Å². The van der Waals surface area contributed by atoms with Crippen molar-refractivity contribution in [2.75, 3.05) is 6.54 Å². The minimum atomic E-state index is 0.121. The van der Waals surface area contributed by atoms with Crippen molar-refractivity contribution in [3.63, 3.8) is 0 Å². The number of hydrogen-bond donors (Lipinski definition) is 3. The molecule has 0 aromatic heterocycles. The zero-order valence-electron chi connectivity index (χ0n) is 11.8. The average Bonchev–Trinajstić information content (AvgIpc) is 3.12. The molecular weight excluding hydrogens is 250 g/mol. The Labute approximate surface area is 120 Å². The first kappa shape index (κ1) is 13.6. The van der Waals surface area contributed by atoms with Crippen molar-refractivity contribution in [1.29, 1.82) is 0 Å². The Morgan fingerprint density at radius 2 is 2.15 bits per heavy atom. The first-order valence-electron chi connectivity index (χ1n) is 7.57. The quantitative estimate of drug-likeness (QED) is 0.774. The van der Waals surface area contributed by atoms with Crippen molar-refractivity contribution in [3.05, 3.63) is 34.9 Å². The molecule has 4 heteroatoms. The third kappa shape index (κ3) is 2.72. The average molecular weight is 273 g/mol. The minimum Gasteiger partial charge on any atom is -0.352 e. The van der Waals surface area contributed by atoms with Crippen LogP contribution in [0, 0.1) is 11.8 Å². The van der Waals surface area contributed by atoms with E-state index in [1.807, 2.05) is 0 Å². The number of carbonyl (C=O) groups excluding carboxylic acids is 1. The van der Waals surface area contributed by atoms with Gasteiger partial charge in [0.05, 0.1) is 0 Å². The van der Waals surface area contributed by atoms with E-state index < -0.39 is 0 Å². The number of rotatable bonds is 4. The number of hydrogen-bond acceptors (Lipinski definition) is 3. The molecule has 1 aliphatic heterocycles. The van der Waals surface area contributed by atoms with E-state index in [1.165, 1.54) is 16.7 Å². The molecule has 0 saturated heterocycles. The van der Waals surface area contributed by atoms with Gasteiger partial charge >= 0.3 is 0 Å². The van der Waals surface area contributed by atoms with Gasteiger partial charge in [0.15, 0.2) is 0 Å². The zero-order chi connectivity index (χ0) is 13.9. The Hall–Kier alpha value is -1.39. The van der Waals surface area contributed by atoms with Crippen LogP contribution in [0.1, 0.15) is 36.0 Å². The SMILES string of the molecule is NC[C@H]1CCC[C@H]1C(=O)NCc1ccc2c(c1)CNC2. The van der Waals surface area contributed by atoms with Crippen LogP contribution in [-0.4, -0.2) is 12.5 Å². The third-order valence-corrected chi connectivity index (χ3v) is 4.67. The first-order chi connectivity index (χ1) is 9.78. The molecule has 1 aromatic rings. The predicted octanol–water partition coefficient (Wildman–Crippen LogP) is 1.28. The summed E-state index contributed by atoms with van der Waals surface area (Å²) in [6.45, 7) is 3.15. The standard InChI is InChI=1S/C16H23N3O/c17-7-12-2-1-3-15(12)16(20)19-8-11-4-5-13-9-18-10-14(13)6-11/h4-6,12,15,18H,1-3,7-10,17H2,(H,19,20)/t12-,15-/m1/s1. The van der Waals surface area contributed by atoms with E-state index in [2.05, 4.69) is 28.8 Å². The summed E-state index contributed by atoms with van der Waals surface area (Å²) in [5.74, 6) is 0.673. The number of benzene rings is 1. The summed E-state index contributed by atoms with van der Waals surface area (Å²) < 4.78 is 0. The maximum atomic E-state index is 12.2. The zero-order valence-corrected chi connectivity index (χ0v) is 11.8. The molecule has 2 aliphatic rings. The normalized spacial score (nSPS) is 24.6. The van der Waals surface area contributed by atoms with Gasteiger partial charge in [-0.2, -0.15) is 0 Å². The van der Waals surface area contributed by atoms with Crippen LogP contribution >= 0.6 is 0 Å². The van der Waals surface area contributed by atoms with E-state index in [4.69, 9.17) is 5.73 Å². The Kier molecular flexibility index (Phi) is 4.03. The second kappa shape index (κ2) is 5.94. The van der Waals surface area contributed by atoms with Gasteiger partial charge < -0.3 is 16.4 Å². The Balaban J connectivity index is 1.58. The molecule has 1 fully saturated rings. The van der Waals surface area contributed by atoms with Crippen molar-refractivity contribution in [3.8, 4) is 0 Å². The van der Waals surface area contributed by atoms with Gasteiger partial charge in [-0.3, -0.25) is 4.79 Å². The van der Waals surface area contributed by atoms with E-state index in [0.717, 1.165) is 32.4 Å². The monoisotopic (exact) mass is 273 g/mol. The highest BCUT2D eigenvalue weighted by molar-refractivity contribution is 5.79. The fourth-order valence-electron chi connectivity index (χ4n) is 3.44. The van der Waals surface area contributed by atoms with Crippen molar-refractivity contribution in [2.45, 2.75) is 38.9 Å². The predicted molar refractivity (Wildman–Crippen MR) is 78.7 cm³/mol. The lowest BCUT2D eigenvalue weighted by atomic mass is 9.95. The van der Waals surface area contributed by atoms with Crippen LogP contribution in [-0.2, 0) is 24.4 Å². The van der Waals surface area contributed by atoms with Gasteiger partial charge in [-0.1, -0.05) is 24.6 Å². The van der Waals surface area contributed by atoms with Crippen LogP contribution in [0.5, 0.6) is 0 Å². The summed E-state index contributed by atoms with van der Waals surface area (Å²) in [7, 11) is 0. The van der Waals surface area contributed by atoms with Crippen molar-refractivity contribution >= 4 is 5.91 Å². The molecule has 3 rings (SSSR count). The number of nitrogens with one attached hydrogen (secondary N) is 2. The van der Waals surface area contributed by atoms with Crippen LogP contribution in [0.4, 0.5) is 0 Å². The molecular formula is C16H23N3O. The number of fused-ring (bicyclic) bond motifs is 1. The van der Waals surface area contributed by atoms with Gasteiger partial charge in [-0.25, -0.2) is 0 Å². The molecule has 108 valence electrons. The molecule has 1 heterocycles. The summed E-state index contributed by atoms with van der Waals surface area (Å²) in [4.78, 5) is 12.2. The van der Waals surface area contributed by atoms with E-state index in [-0.39, 0.29) is 11.8 Å². The summed E-state index contributed by atoms with van der Waals surface area (Å²) >= 11 is 0. The van der Waals surface area contributed by atoms with E-state index in [0.29, 0.717) is 19.0 Å². The topological polar surface area (TPSA) is 67.2 Å². The lowest BCUT2D eigenvalue weighted by Gasteiger charge is -2.17. The van der Waals surface area contributed by atoms with Crippen LogP contribution in [0.15, 0.2) is 18.2 Å². The number of nitrogens with two attached hydrogens (primary N) is 1. The highest BCUT2D eigenvalue weighted by Crippen LogP contribution is 2.31. The molecule has 1 aromatic carbocycles. The maximum absolute atomic E-state index is 12.2. The van der Waals surface area contributed by atoms with Gasteiger partial charge in [0.2, 0.25) is 5.91 Å². The van der Waals surface area contributed by atoms with Gasteiger partial charge in [0, 0.05) is 25.6 Å². The Morgan fingerprint density at radius 3 is 3.00 bits per heavy atom. The van der Waals surface area contributed by atoms with Crippen LogP contribution in [0.25, 0.3) is 0 Å². The molecule has 0 spiro atoms. The summed E-state index contributed by atoms with van der Waals surface area (Å²) in [5, 5.41) is 6.42. The van der Waals surface area contributed by atoms with E-state index in [1.54, 1.807) is 0 Å². The van der Waals surface area contributed by atoms with Crippen LogP contribution in [0.3, 0.4) is 0 Å². The van der Waals surface area contributed by atoms with E-state index >= 15 is 0 Å².